The maximum atomic E-state index is 11.1. The van der Waals surface area contributed by atoms with Crippen LogP contribution < -0.4 is 5.73 Å². The van der Waals surface area contributed by atoms with Gasteiger partial charge in [-0.2, -0.15) is 4.98 Å². The minimum atomic E-state index is -0.577. The standard InChI is InChI=1S/C13H13BrN4O3.ClH/c14-8-3-4-9(10(7-8)18(19)20)11-16-12(17-21-11)13(15)5-1-2-6-13;/h3-4,7H,1-2,5-6,15H2;1H. The van der Waals surface area contributed by atoms with E-state index in [1.807, 2.05) is 0 Å². The van der Waals surface area contributed by atoms with Gasteiger partial charge in [0.25, 0.3) is 11.6 Å². The molecule has 7 nitrogen and oxygen atoms in total. The molecule has 0 unspecified atom stereocenters. The molecule has 1 fully saturated rings. The lowest BCUT2D eigenvalue weighted by Gasteiger charge is -2.17. The average Bonchev–Trinajstić information content (AvgIpc) is 3.08. The zero-order valence-corrected chi connectivity index (χ0v) is 13.9. The summed E-state index contributed by atoms with van der Waals surface area (Å²) in [5, 5.41) is 15.1. The number of nitro groups is 1. The fourth-order valence-corrected chi connectivity index (χ4v) is 2.95. The van der Waals surface area contributed by atoms with Gasteiger partial charge in [0.1, 0.15) is 5.56 Å². The Morgan fingerprint density at radius 1 is 1.36 bits per heavy atom. The van der Waals surface area contributed by atoms with Crippen molar-refractivity contribution in [2.75, 3.05) is 0 Å². The van der Waals surface area contributed by atoms with E-state index >= 15 is 0 Å². The summed E-state index contributed by atoms with van der Waals surface area (Å²) in [4.78, 5) is 15.0. The summed E-state index contributed by atoms with van der Waals surface area (Å²) in [6.07, 6.45) is 3.65. The topological polar surface area (TPSA) is 108 Å². The monoisotopic (exact) mass is 388 g/mol. The first kappa shape index (κ1) is 16.9. The lowest BCUT2D eigenvalue weighted by Crippen LogP contribution is -2.34. The molecule has 9 heteroatoms. The molecule has 1 aliphatic carbocycles. The van der Waals surface area contributed by atoms with Gasteiger partial charge in [-0.15, -0.1) is 12.4 Å². The van der Waals surface area contributed by atoms with Crippen LogP contribution in [0.1, 0.15) is 31.5 Å². The third-order valence-corrected chi connectivity index (χ3v) is 4.25. The Bertz CT molecular complexity index is 700. The van der Waals surface area contributed by atoms with Crippen molar-refractivity contribution in [3.63, 3.8) is 0 Å². The molecule has 0 bridgehead atoms. The summed E-state index contributed by atoms with van der Waals surface area (Å²) >= 11 is 3.21. The second-order valence-corrected chi connectivity index (χ2v) is 6.12. The summed E-state index contributed by atoms with van der Waals surface area (Å²) in [7, 11) is 0. The van der Waals surface area contributed by atoms with Gasteiger partial charge in [0.05, 0.1) is 10.5 Å². The maximum absolute atomic E-state index is 11.1. The Kier molecular flexibility index (Phi) is 4.84. The van der Waals surface area contributed by atoms with Crippen molar-refractivity contribution >= 4 is 34.0 Å². The quantitative estimate of drug-likeness (QED) is 0.635. The normalized spacial score (nSPS) is 16.3. The van der Waals surface area contributed by atoms with E-state index in [0.717, 1.165) is 25.7 Å². The zero-order valence-electron chi connectivity index (χ0n) is 11.5. The van der Waals surface area contributed by atoms with Gasteiger partial charge in [-0.05, 0) is 25.0 Å². The molecule has 1 heterocycles. The van der Waals surface area contributed by atoms with Gasteiger partial charge in [0.2, 0.25) is 0 Å². The van der Waals surface area contributed by atoms with E-state index < -0.39 is 10.5 Å². The molecule has 1 saturated carbocycles. The fraction of sp³-hybridized carbons (Fsp3) is 0.385. The van der Waals surface area contributed by atoms with E-state index in [9.17, 15) is 10.1 Å². The van der Waals surface area contributed by atoms with Crippen LogP contribution in [0.3, 0.4) is 0 Å². The molecule has 1 aromatic carbocycles. The SMILES string of the molecule is Cl.NC1(c2noc(-c3ccc(Br)cc3[N+](=O)[O-])n2)CCCC1. The largest absolute Gasteiger partial charge is 0.334 e. The number of nitrogens with zero attached hydrogens (tertiary/aromatic N) is 3. The first-order valence-electron chi connectivity index (χ1n) is 6.57. The van der Waals surface area contributed by atoms with E-state index in [1.54, 1.807) is 12.1 Å². The van der Waals surface area contributed by atoms with E-state index in [2.05, 4.69) is 26.1 Å². The van der Waals surface area contributed by atoms with Gasteiger partial charge in [-0.25, -0.2) is 0 Å². The maximum Gasteiger partial charge on any atom is 0.283 e. The van der Waals surface area contributed by atoms with Gasteiger partial charge < -0.3 is 10.3 Å². The van der Waals surface area contributed by atoms with Crippen LogP contribution in [-0.4, -0.2) is 15.1 Å². The van der Waals surface area contributed by atoms with Crippen LogP contribution in [0.15, 0.2) is 27.2 Å². The second-order valence-electron chi connectivity index (χ2n) is 5.20. The molecule has 0 atom stereocenters. The average molecular weight is 390 g/mol. The van der Waals surface area contributed by atoms with Crippen LogP contribution in [0.5, 0.6) is 0 Å². The van der Waals surface area contributed by atoms with Crippen molar-refractivity contribution < 1.29 is 9.45 Å². The highest BCUT2D eigenvalue weighted by molar-refractivity contribution is 9.10. The van der Waals surface area contributed by atoms with Gasteiger partial charge in [0.15, 0.2) is 5.82 Å². The Morgan fingerprint density at radius 3 is 2.68 bits per heavy atom. The first-order valence-corrected chi connectivity index (χ1v) is 7.36. The number of benzene rings is 1. The number of nitrogens with two attached hydrogens (primary N) is 1. The molecule has 118 valence electrons. The highest BCUT2D eigenvalue weighted by atomic mass is 79.9. The van der Waals surface area contributed by atoms with Crippen LogP contribution in [0.25, 0.3) is 11.5 Å². The summed E-state index contributed by atoms with van der Waals surface area (Å²) in [5.41, 5.74) is 5.90. The van der Waals surface area contributed by atoms with Gasteiger partial charge in [-0.3, -0.25) is 10.1 Å². The smallest absolute Gasteiger partial charge is 0.283 e. The summed E-state index contributed by atoms with van der Waals surface area (Å²) < 4.78 is 5.81. The molecule has 0 aliphatic heterocycles. The van der Waals surface area contributed by atoms with Crippen LogP contribution in [0, 0.1) is 10.1 Å². The van der Waals surface area contributed by atoms with E-state index in [1.165, 1.54) is 6.07 Å². The van der Waals surface area contributed by atoms with Crippen LogP contribution in [-0.2, 0) is 5.54 Å². The third-order valence-electron chi connectivity index (χ3n) is 3.75. The minimum Gasteiger partial charge on any atom is -0.334 e. The molecule has 0 saturated heterocycles. The second kappa shape index (κ2) is 6.31. The molecule has 22 heavy (non-hydrogen) atoms. The highest BCUT2D eigenvalue weighted by Crippen LogP contribution is 2.37. The predicted octanol–water partition coefficient (Wildman–Crippen LogP) is 3.56. The molecule has 0 radical (unpaired) electrons. The Morgan fingerprint density at radius 2 is 2.05 bits per heavy atom. The molecular weight excluding hydrogens is 376 g/mol. The van der Waals surface area contributed by atoms with E-state index in [0.29, 0.717) is 15.9 Å². The van der Waals surface area contributed by atoms with Crippen molar-refractivity contribution in [1.82, 2.24) is 10.1 Å². The fourth-order valence-electron chi connectivity index (χ4n) is 2.60. The number of aromatic nitrogens is 2. The highest BCUT2D eigenvalue weighted by Gasteiger charge is 2.36. The number of hydrogen-bond donors (Lipinski definition) is 1. The zero-order chi connectivity index (χ0) is 15.0. The number of nitro benzene ring substituents is 1. The minimum absolute atomic E-state index is 0. The molecular formula is C13H14BrClN4O3. The Labute approximate surface area is 141 Å². The Balaban J connectivity index is 0.00000176. The van der Waals surface area contributed by atoms with Gasteiger partial charge in [0, 0.05) is 10.5 Å². The number of rotatable bonds is 3. The van der Waals surface area contributed by atoms with Crippen molar-refractivity contribution in [3.05, 3.63) is 38.6 Å². The molecule has 0 spiro atoms. The van der Waals surface area contributed by atoms with Crippen molar-refractivity contribution in [2.24, 2.45) is 5.73 Å². The molecule has 1 aromatic heterocycles. The molecule has 2 N–H and O–H groups in total. The summed E-state index contributed by atoms with van der Waals surface area (Å²) in [6, 6.07) is 4.68. The van der Waals surface area contributed by atoms with Crippen LogP contribution in [0.2, 0.25) is 0 Å². The van der Waals surface area contributed by atoms with Crippen LogP contribution >= 0.6 is 28.3 Å². The van der Waals surface area contributed by atoms with Crippen LogP contribution in [0.4, 0.5) is 5.69 Å². The van der Waals surface area contributed by atoms with E-state index in [4.69, 9.17) is 10.3 Å². The van der Waals surface area contributed by atoms with Crippen molar-refractivity contribution in [2.45, 2.75) is 31.2 Å². The number of halogens is 2. The molecule has 3 rings (SSSR count). The van der Waals surface area contributed by atoms with Gasteiger partial charge in [-0.1, -0.05) is 33.9 Å². The van der Waals surface area contributed by atoms with Crippen molar-refractivity contribution in [3.8, 4) is 11.5 Å². The molecule has 2 aromatic rings. The predicted molar refractivity (Wildman–Crippen MR) is 85.7 cm³/mol. The van der Waals surface area contributed by atoms with E-state index in [-0.39, 0.29) is 24.0 Å². The lowest BCUT2D eigenvalue weighted by molar-refractivity contribution is -0.384. The van der Waals surface area contributed by atoms with Crippen molar-refractivity contribution in [1.29, 1.82) is 0 Å². The first-order chi connectivity index (χ1) is 9.99. The summed E-state index contributed by atoms with van der Waals surface area (Å²) in [5.74, 6) is 0.549. The number of hydrogen-bond acceptors (Lipinski definition) is 6. The Hall–Kier alpha value is -1.51. The van der Waals surface area contributed by atoms with Gasteiger partial charge >= 0.3 is 0 Å². The molecule has 0 amide bonds. The molecule has 1 aliphatic rings. The third kappa shape index (κ3) is 2.99. The summed E-state index contributed by atoms with van der Waals surface area (Å²) in [6.45, 7) is 0. The lowest BCUT2D eigenvalue weighted by atomic mass is 9.98.